The van der Waals surface area contributed by atoms with Crippen molar-refractivity contribution in [3.63, 3.8) is 0 Å². The molecule has 22 heavy (non-hydrogen) atoms. The van der Waals surface area contributed by atoms with E-state index in [-0.39, 0.29) is 11.6 Å². The minimum atomic E-state index is -4.48. The van der Waals surface area contributed by atoms with Crippen LogP contribution in [0.2, 0.25) is 0 Å². The maximum atomic E-state index is 12.6. The van der Waals surface area contributed by atoms with Crippen LogP contribution in [0.1, 0.15) is 42.9 Å². The normalized spacial score (nSPS) is 17.9. The molecule has 0 radical (unpaired) electrons. The maximum absolute atomic E-state index is 12.6. The van der Waals surface area contributed by atoms with E-state index in [2.05, 4.69) is 15.1 Å². The number of alkyl halides is 3. The molecular formula is C14H15F3N4O. The Morgan fingerprint density at radius 3 is 2.45 bits per heavy atom. The SMILES string of the molecule is Cc1nc(C(F)(F)F)ccc1-c1nc(C2(N)CCCC2)no1. The van der Waals surface area contributed by atoms with Gasteiger partial charge >= 0.3 is 6.18 Å². The second-order valence-corrected chi connectivity index (χ2v) is 5.61. The summed E-state index contributed by atoms with van der Waals surface area (Å²) in [6.07, 6.45) is -0.927. The number of pyridine rings is 1. The average molecular weight is 312 g/mol. The van der Waals surface area contributed by atoms with E-state index in [1.807, 2.05) is 0 Å². The van der Waals surface area contributed by atoms with Gasteiger partial charge in [0.05, 0.1) is 16.8 Å². The van der Waals surface area contributed by atoms with Crippen LogP contribution in [0.15, 0.2) is 16.7 Å². The number of halogens is 3. The second-order valence-electron chi connectivity index (χ2n) is 5.61. The number of hydrogen-bond donors (Lipinski definition) is 1. The fourth-order valence-corrected chi connectivity index (χ4v) is 2.71. The number of rotatable bonds is 2. The van der Waals surface area contributed by atoms with E-state index in [0.29, 0.717) is 11.4 Å². The van der Waals surface area contributed by atoms with Gasteiger partial charge in [-0.05, 0) is 31.9 Å². The van der Waals surface area contributed by atoms with Crippen LogP contribution in [0.4, 0.5) is 13.2 Å². The Balaban J connectivity index is 1.94. The number of nitrogens with two attached hydrogens (primary N) is 1. The van der Waals surface area contributed by atoms with E-state index < -0.39 is 17.4 Å². The van der Waals surface area contributed by atoms with Gasteiger partial charge in [0, 0.05) is 0 Å². The molecule has 1 saturated carbocycles. The molecule has 0 aromatic carbocycles. The van der Waals surface area contributed by atoms with Crippen LogP contribution in [0.5, 0.6) is 0 Å². The zero-order valence-electron chi connectivity index (χ0n) is 11.9. The molecule has 2 aromatic heterocycles. The number of nitrogens with zero attached hydrogens (tertiary/aromatic N) is 3. The first kappa shape index (κ1) is 15.0. The zero-order valence-corrected chi connectivity index (χ0v) is 11.9. The van der Waals surface area contributed by atoms with Crippen molar-refractivity contribution < 1.29 is 17.7 Å². The topological polar surface area (TPSA) is 77.8 Å². The molecule has 1 aliphatic rings. The van der Waals surface area contributed by atoms with Crippen molar-refractivity contribution in [1.82, 2.24) is 15.1 Å². The average Bonchev–Trinajstić information content (AvgIpc) is 3.07. The van der Waals surface area contributed by atoms with Gasteiger partial charge in [-0.3, -0.25) is 0 Å². The van der Waals surface area contributed by atoms with Crippen LogP contribution in [-0.2, 0) is 11.7 Å². The Morgan fingerprint density at radius 2 is 1.86 bits per heavy atom. The van der Waals surface area contributed by atoms with E-state index in [1.54, 1.807) is 0 Å². The molecule has 3 rings (SSSR count). The summed E-state index contributed by atoms with van der Waals surface area (Å²) < 4.78 is 43.1. The number of aromatic nitrogens is 3. The summed E-state index contributed by atoms with van der Waals surface area (Å²) in [5.41, 5.74) is 5.26. The molecule has 0 aliphatic heterocycles. The summed E-state index contributed by atoms with van der Waals surface area (Å²) in [4.78, 5) is 7.82. The van der Waals surface area contributed by atoms with Crippen LogP contribution in [0.3, 0.4) is 0 Å². The lowest BCUT2D eigenvalue weighted by molar-refractivity contribution is -0.141. The molecule has 0 bridgehead atoms. The van der Waals surface area contributed by atoms with Crippen molar-refractivity contribution in [2.45, 2.75) is 44.3 Å². The molecule has 5 nitrogen and oxygen atoms in total. The predicted octanol–water partition coefficient (Wildman–Crippen LogP) is 3.19. The molecule has 2 heterocycles. The van der Waals surface area contributed by atoms with Crippen LogP contribution in [0, 0.1) is 6.92 Å². The van der Waals surface area contributed by atoms with Crippen LogP contribution in [-0.4, -0.2) is 15.1 Å². The van der Waals surface area contributed by atoms with Gasteiger partial charge in [0.25, 0.3) is 5.89 Å². The minimum absolute atomic E-state index is 0.144. The second kappa shape index (κ2) is 5.05. The zero-order chi connectivity index (χ0) is 16.0. The summed E-state index contributed by atoms with van der Waals surface area (Å²) in [6, 6.07) is 2.19. The number of aryl methyl sites for hydroxylation is 1. The molecule has 1 aliphatic carbocycles. The molecule has 1 fully saturated rings. The summed E-state index contributed by atoms with van der Waals surface area (Å²) in [6.45, 7) is 1.47. The third-order valence-electron chi connectivity index (χ3n) is 3.97. The van der Waals surface area contributed by atoms with E-state index in [4.69, 9.17) is 10.3 Å². The summed E-state index contributed by atoms with van der Waals surface area (Å²) >= 11 is 0. The molecule has 0 unspecified atom stereocenters. The van der Waals surface area contributed by atoms with Crippen LogP contribution >= 0.6 is 0 Å². The molecule has 118 valence electrons. The molecular weight excluding hydrogens is 297 g/mol. The third kappa shape index (κ3) is 2.58. The smallest absolute Gasteiger partial charge is 0.334 e. The van der Waals surface area contributed by atoms with Crippen molar-refractivity contribution in [1.29, 1.82) is 0 Å². The first-order chi connectivity index (χ1) is 10.3. The van der Waals surface area contributed by atoms with Crippen molar-refractivity contribution in [3.05, 3.63) is 29.3 Å². The quantitative estimate of drug-likeness (QED) is 0.921. The molecule has 0 atom stereocenters. The highest BCUT2D eigenvalue weighted by molar-refractivity contribution is 5.56. The lowest BCUT2D eigenvalue weighted by Crippen LogP contribution is -2.34. The Labute approximate surface area is 124 Å². The Hall–Kier alpha value is -1.96. The monoisotopic (exact) mass is 312 g/mol. The first-order valence-electron chi connectivity index (χ1n) is 6.98. The van der Waals surface area contributed by atoms with Crippen molar-refractivity contribution in [2.75, 3.05) is 0 Å². The molecule has 0 amide bonds. The van der Waals surface area contributed by atoms with E-state index in [1.165, 1.54) is 13.0 Å². The van der Waals surface area contributed by atoms with Gasteiger partial charge in [0.2, 0.25) is 0 Å². The van der Waals surface area contributed by atoms with Crippen LogP contribution in [0.25, 0.3) is 11.5 Å². The van der Waals surface area contributed by atoms with Gasteiger partial charge in [-0.25, -0.2) is 4.98 Å². The van der Waals surface area contributed by atoms with Gasteiger partial charge in [0.1, 0.15) is 5.69 Å². The van der Waals surface area contributed by atoms with Crippen molar-refractivity contribution >= 4 is 0 Å². The van der Waals surface area contributed by atoms with Gasteiger partial charge in [-0.1, -0.05) is 18.0 Å². The maximum Gasteiger partial charge on any atom is 0.433 e. The fourth-order valence-electron chi connectivity index (χ4n) is 2.71. The van der Waals surface area contributed by atoms with Gasteiger partial charge in [-0.15, -0.1) is 0 Å². The molecule has 2 aromatic rings. The molecule has 0 spiro atoms. The highest BCUT2D eigenvalue weighted by Crippen LogP contribution is 2.36. The van der Waals surface area contributed by atoms with Crippen LogP contribution < -0.4 is 5.73 Å². The first-order valence-corrected chi connectivity index (χ1v) is 6.98. The molecule has 0 saturated heterocycles. The lowest BCUT2D eigenvalue weighted by atomic mass is 9.98. The van der Waals surface area contributed by atoms with E-state index >= 15 is 0 Å². The summed E-state index contributed by atoms with van der Waals surface area (Å²) in [7, 11) is 0. The number of hydrogen-bond acceptors (Lipinski definition) is 5. The Bertz CT molecular complexity index is 690. The summed E-state index contributed by atoms with van der Waals surface area (Å²) in [5, 5.41) is 3.90. The fraction of sp³-hybridized carbons (Fsp3) is 0.500. The highest BCUT2D eigenvalue weighted by atomic mass is 19.4. The van der Waals surface area contributed by atoms with Crippen molar-refractivity contribution in [3.8, 4) is 11.5 Å². The standard InChI is InChI=1S/C14H15F3N4O/c1-8-9(4-5-10(19-8)14(15,16)17)11-20-12(21-22-11)13(18)6-2-3-7-13/h4-5H,2-3,6-7,18H2,1H3. The largest absolute Gasteiger partial charge is 0.433 e. The van der Waals surface area contributed by atoms with Gasteiger partial charge in [-0.2, -0.15) is 18.2 Å². The van der Waals surface area contributed by atoms with Crippen molar-refractivity contribution in [2.24, 2.45) is 5.73 Å². The summed E-state index contributed by atoms with van der Waals surface area (Å²) in [5.74, 6) is 0.546. The Kier molecular flexibility index (Phi) is 3.43. The highest BCUT2D eigenvalue weighted by Gasteiger charge is 2.36. The predicted molar refractivity (Wildman–Crippen MR) is 71.6 cm³/mol. The third-order valence-corrected chi connectivity index (χ3v) is 3.97. The lowest BCUT2D eigenvalue weighted by Gasteiger charge is -2.17. The Morgan fingerprint density at radius 1 is 1.18 bits per heavy atom. The van der Waals surface area contributed by atoms with E-state index in [9.17, 15) is 13.2 Å². The molecule has 2 N–H and O–H groups in total. The molecule has 8 heteroatoms. The van der Waals surface area contributed by atoms with Gasteiger partial charge in [0.15, 0.2) is 5.82 Å². The van der Waals surface area contributed by atoms with Gasteiger partial charge < -0.3 is 10.3 Å². The van der Waals surface area contributed by atoms with E-state index in [0.717, 1.165) is 31.7 Å². The minimum Gasteiger partial charge on any atom is -0.334 e.